The van der Waals surface area contributed by atoms with Gasteiger partial charge in [-0.1, -0.05) is 13.3 Å². The first kappa shape index (κ1) is 13.4. The summed E-state index contributed by atoms with van der Waals surface area (Å²) in [6, 6.07) is 0.452. The summed E-state index contributed by atoms with van der Waals surface area (Å²) in [6.45, 7) is 2.99. The van der Waals surface area contributed by atoms with E-state index in [0.29, 0.717) is 18.9 Å². The topological polar surface area (TPSA) is 57.6 Å². The molecule has 2 fully saturated rings. The lowest BCUT2D eigenvalue weighted by Crippen LogP contribution is -2.38. The molecule has 0 aromatic carbocycles. The molecule has 2 aliphatic rings. The minimum absolute atomic E-state index is 0.0384. The molecule has 1 N–H and O–H groups in total. The maximum atomic E-state index is 12.4. The van der Waals surface area contributed by atoms with Gasteiger partial charge in [0.1, 0.15) is 0 Å². The zero-order valence-electron chi connectivity index (χ0n) is 11.1. The van der Waals surface area contributed by atoms with Crippen molar-refractivity contribution in [2.24, 2.45) is 11.8 Å². The highest BCUT2D eigenvalue weighted by Crippen LogP contribution is 2.35. The van der Waals surface area contributed by atoms with Crippen molar-refractivity contribution in [3.05, 3.63) is 0 Å². The lowest BCUT2D eigenvalue weighted by atomic mass is 10.0. The molecule has 1 amide bonds. The molecule has 0 radical (unpaired) electrons. The number of nitrogens with zero attached hydrogens (tertiary/aromatic N) is 1. The number of aliphatic carboxylic acids is 1. The first-order valence-corrected chi connectivity index (χ1v) is 7.16. The van der Waals surface area contributed by atoms with Crippen LogP contribution >= 0.6 is 0 Å². The van der Waals surface area contributed by atoms with E-state index in [1.165, 1.54) is 0 Å². The summed E-state index contributed by atoms with van der Waals surface area (Å²) in [5, 5.41) is 8.99. The van der Waals surface area contributed by atoms with Gasteiger partial charge in [0, 0.05) is 18.5 Å². The normalized spacial score (nSPS) is 27.2. The summed E-state index contributed by atoms with van der Waals surface area (Å²) < 4.78 is 0. The zero-order valence-corrected chi connectivity index (χ0v) is 11.1. The monoisotopic (exact) mass is 253 g/mol. The molecule has 0 aliphatic heterocycles. The van der Waals surface area contributed by atoms with Gasteiger partial charge in [-0.05, 0) is 38.5 Å². The molecule has 2 saturated carbocycles. The molecular weight excluding hydrogens is 230 g/mol. The lowest BCUT2D eigenvalue weighted by Gasteiger charge is -2.25. The summed E-state index contributed by atoms with van der Waals surface area (Å²) in [4.78, 5) is 25.4. The maximum absolute atomic E-state index is 12.4. The second kappa shape index (κ2) is 5.72. The molecule has 2 atom stereocenters. The number of rotatable bonds is 6. The van der Waals surface area contributed by atoms with E-state index in [0.717, 1.165) is 38.6 Å². The van der Waals surface area contributed by atoms with Crippen molar-refractivity contribution < 1.29 is 14.7 Å². The van der Waals surface area contributed by atoms with Crippen molar-refractivity contribution in [1.29, 1.82) is 0 Å². The number of unbranched alkanes of at least 4 members (excludes halogenated alkanes) is 1. The smallest absolute Gasteiger partial charge is 0.306 e. The van der Waals surface area contributed by atoms with Crippen LogP contribution in [0.2, 0.25) is 0 Å². The fourth-order valence-electron chi connectivity index (χ4n) is 2.85. The van der Waals surface area contributed by atoms with Crippen molar-refractivity contribution in [2.45, 2.75) is 57.9 Å². The molecule has 2 rings (SSSR count). The molecule has 0 aromatic heterocycles. The molecule has 18 heavy (non-hydrogen) atoms. The van der Waals surface area contributed by atoms with Crippen LogP contribution in [0.5, 0.6) is 0 Å². The quantitative estimate of drug-likeness (QED) is 0.790. The number of hydrogen-bond acceptors (Lipinski definition) is 2. The summed E-state index contributed by atoms with van der Waals surface area (Å²) in [7, 11) is 0. The minimum Gasteiger partial charge on any atom is -0.481 e. The number of hydrogen-bond donors (Lipinski definition) is 1. The predicted octanol–water partition coefficient (Wildman–Crippen LogP) is 2.28. The SMILES string of the molecule is CCCCN(C(=O)[C@@H]1CC[C@H](C(=O)O)C1)C1CC1. The molecule has 4 nitrogen and oxygen atoms in total. The van der Waals surface area contributed by atoms with Gasteiger partial charge in [0.2, 0.25) is 5.91 Å². The highest BCUT2D eigenvalue weighted by atomic mass is 16.4. The maximum Gasteiger partial charge on any atom is 0.306 e. The van der Waals surface area contributed by atoms with Gasteiger partial charge in [-0.3, -0.25) is 9.59 Å². The van der Waals surface area contributed by atoms with E-state index in [2.05, 4.69) is 6.92 Å². The van der Waals surface area contributed by atoms with Crippen LogP contribution in [0.4, 0.5) is 0 Å². The lowest BCUT2D eigenvalue weighted by molar-refractivity contribution is -0.141. The number of amides is 1. The van der Waals surface area contributed by atoms with Gasteiger partial charge in [0.15, 0.2) is 0 Å². The van der Waals surface area contributed by atoms with Crippen LogP contribution in [0.25, 0.3) is 0 Å². The second-order valence-electron chi connectivity index (χ2n) is 5.66. The van der Waals surface area contributed by atoms with Crippen LogP contribution in [-0.4, -0.2) is 34.5 Å². The molecule has 0 bridgehead atoms. The number of carbonyl (C=O) groups is 2. The summed E-state index contributed by atoms with van der Waals surface area (Å²) in [5.41, 5.74) is 0. The molecule has 0 spiro atoms. The number of carboxylic acid groups (broad SMARTS) is 1. The Kier molecular flexibility index (Phi) is 4.25. The third-order valence-corrected chi connectivity index (χ3v) is 4.15. The summed E-state index contributed by atoms with van der Waals surface area (Å²) in [5.74, 6) is -0.860. The van der Waals surface area contributed by atoms with Crippen LogP contribution < -0.4 is 0 Å². The standard InChI is InChI=1S/C14H23NO3/c1-2-3-8-15(12-6-7-12)13(16)10-4-5-11(9-10)14(17)18/h10-12H,2-9H2,1H3,(H,17,18)/t10-,11+/m1/s1. The van der Waals surface area contributed by atoms with Crippen molar-refractivity contribution in [1.82, 2.24) is 4.90 Å². The average Bonchev–Trinajstić information content (AvgIpc) is 3.05. The van der Waals surface area contributed by atoms with Crippen LogP contribution in [0.3, 0.4) is 0 Å². The predicted molar refractivity (Wildman–Crippen MR) is 68.1 cm³/mol. The molecule has 4 heteroatoms. The van der Waals surface area contributed by atoms with Crippen molar-refractivity contribution in [2.75, 3.05) is 6.54 Å². The first-order chi connectivity index (χ1) is 8.63. The fourth-order valence-corrected chi connectivity index (χ4v) is 2.85. The minimum atomic E-state index is -0.739. The van der Waals surface area contributed by atoms with E-state index in [1.807, 2.05) is 4.90 Å². The molecule has 0 aromatic rings. The Balaban J connectivity index is 1.90. The van der Waals surface area contributed by atoms with Gasteiger partial charge in [0.25, 0.3) is 0 Å². The Morgan fingerprint density at radius 2 is 1.83 bits per heavy atom. The van der Waals surface area contributed by atoms with Crippen LogP contribution in [0, 0.1) is 11.8 Å². The van der Waals surface area contributed by atoms with Crippen molar-refractivity contribution in [3.8, 4) is 0 Å². The molecule has 2 aliphatic carbocycles. The Bertz CT molecular complexity index is 325. The van der Waals surface area contributed by atoms with Crippen molar-refractivity contribution in [3.63, 3.8) is 0 Å². The summed E-state index contributed by atoms with van der Waals surface area (Å²) in [6.07, 6.45) is 6.37. The molecule has 102 valence electrons. The third-order valence-electron chi connectivity index (χ3n) is 4.15. The van der Waals surface area contributed by atoms with Crippen LogP contribution in [0.1, 0.15) is 51.9 Å². The molecule has 0 unspecified atom stereocenters. The molecule has 0 saturated heterocycles. The Morgan fingerprint density at radius 1 is 1.17 bits per heavy atom. The second-order valence-corrected chi connectivity index (χ2v) is 5.66. The van der Waals surface area contributed by atoms with Crippen molar-refractivity contribution >= 4 is 11.9 Å². The van der Waals surface area contributed by atoms with E-state index < -0.39 is 5.97 Å². The van der Waals surface area contributed by atoms with Gasteiger partial charge in [0.05, 0.1) is 5.92 Å². The van der Waals surface area contributed by atoms with Gasteiger partial charge in [-0.2, -0.15) is 0 Å². The Labute approximate surface area is 108 Å². The Hall–Kier alpha value is -1.06. The van der Waals surface area contributed by atoms with E-state index in [4.69, 9.17) is 5.11 Å². The largest absolute Gasteiger partial charge is 0.481 e. The summed E-state index contributed by atoms with van der Waals surface area (Å²) >= 11 is 0. The van der Waals surface area contributed by atoms with Gasteiger partial charge < -0.3 is 10.0 Å². The van der Waals surface area contributed by atoms with Crippen LogP contribution in [0.15, 0.2) is 0 Å². The van der Waals surface area contributed by atoms with E-state index in [9.17, 15) is 9.59 Å². The van der Waals surface area contributed by atoms with E-state index in [1.54, 1.807) is 0 Å². The highest BCUT2D eigenvalue weighted by Gasteiger charge is 2.39. The number of carbonyl (C=O) groups excluding carboxylic acids is 1. The average molecular weight is 253 g/mol. The number of carboxylic acids is 1. The molecule has 0 heterocycles. The fraction of sp³-hybridized carbons (Fsp3) is 0.857. The zero-order chi connectivity index (χ0) is 13.1. The molecular formula is C14H23NO3. The van der Waals surface area contributed by atoms with Crippen LogP contribution in [-0.2, 0) is 9.59 Å². The van der Waals surface area contributed by atoms with E-state index in [-0.39, 0.29) is 17.7 Å². The third kappa shape index (κ3) is 3.03. The van der Waals surface area contributed by atoms with Gasteiger partial charge >= 0.3 is 5.97 Å². The highest BCUT2D eigenvalue weighted by molar-refractivity contribution is 5.81. The first-order valence-electron chi connectivity index (χ1n) is 7.16. The van der Waals surface area contributed by atoms with Gasteiger partial charge in [-0.25, -0.2) is 0 Å². The van der Waals surface area contributed by atoms with E-state index >= 15 is 0 Å². The Morgan fingerprint density at radius 3 is 2.33 bits per heavy atom. The van der Waals surface area contributed by atoms with Gasteiger partial charge in [-0.15, -0.1) is 0 Å².